The van der Waals surface area contributed by atoms with Crippen LogP contribution in [0, 0.1) is 0 Å². The van der Waals surface area contributed by atoms with Crippen LogP contribution in [0.25, 0.3) is 0 Å². The first-order valence-electron chi connectivity index (χ1n) is 9.56. The molecule has 7 nitrogen and oxygen atoms in total. The van der Waals surface area contributed by atoms with Gasteiger partial charge in [-0.15, -0.1) is 0 Å². The standard InChI is InChI=1S/C20H22ClN3O4S/c1-2-15-4-3-5-19(22-15)23-29(26,27)24-10-8-20(9-11-24)13-17(25)16-12-14(21)6-7-18(16)28-20/h3-7,12H,2,8-11,13H2,1H3,(H,22,23). The van der Waals surface area contributed by atoms with Gasteiger partial charge in [0.25, 0.3) is 0 Å². The second-order valence-corrected chi connectivity index (χ2v) is 9.51. The Balaban J connectivity index is 1.46. The van der Waals surface area contributed by atoms with E-state index in [0.29, 0.717) is 35.0 Å². The summed E-state index contributed by atoms with van der Waals surface area (Å²) in [6, 6.07) is 10.3. The minimum absolute atomic E-state index is 0.0243. The number of rotatable bonds is 4. The van der Waals surface area contributed by atoms with E-state index in [1.165, 1.54) is 4.31 Å². The van der Waals surface area contributed by atoms with Crippen molar-refractivity contribution in [2.24, 2.45) is 0 Å². The van der Waals surface area contributed by atoms with Gasteiger partial charge < -0.3 is 4.74 Å². The summed E-state index contributed by atoms with van der Waals surface area (Å²) >= 11 is 5.98. The third kappa shape index (κ3) is 4.10. The van der Waals surface area contributed by atoms with Crippen molar-refractivity contribution in [2.45, 2.75) is 38.2 Å². The number of hydrogen-bond acceptors (Lipinski definition) is 5. The number of nitrogens with one attached hydrogen (secondary N) is 1. The van der Waals surface area contributed by atoms with Gasteiger partial charge in [0.2, 0.25) is 0 Å². The fraction of sp³-hybridized carbons (Fsp3) is 0.400. The number of hydrogen-bond donors (Lipinski definition) is 1. The number of piperidine rings is 1. The maximum atomic E-state index is 12.8. The minimum Gasteiger partial charge on any atom is -0.486 e. The Morgan fingerprint density at radius 1 is 1.24 bits per heavy atom. The average molecular weight is 436 g/mol. The van der Waals surface area contributed by atoms with Gasteiger partial charge in [-0.05, 0) is 36.8 Å². The second kappa shape index (κ2) is 7.59. The molecule has 1 spiro atoms. The summed E-state index contributed by atoms with van der Waals surface area (Å²) < 4.78 is 35.6. The lowest BCUT2D eigenvalue weighted by Gasteiger charge is -2.43. The average Bonchev–Trinajstić information content (AvgIpc) is 2.69. The fourth-order valence-corrected chi connectivity index (χ4v) is 5.15. The van der Waals surface area contributed by atoms with E-state index in [4.69, 9.17) is 16.3 Å². The molecule has 0 radical (unpaired) electrons. The summed E-state index contributed by atoms with van der Waals surface area (Å²) in [6.07, 6.45) is 1.82. The normalized spacial score (nSPS) is 18.9. The van der Waals surface area contributed by atoms with Gasteiger partial charge in [-0.2, -0.15) is 12.7 Å². The number of benzene rings is 1. The summed E-state index contributed by atoms with van der Waals surface area (Å²) in [5, 5.41) is 0.490. The third-order valence-corrected chi connectivity index (χ3v) is 7.17. The highest BCUT2D eigenvalue weighted by molar-refractivity contribution is 7.90. The van der Waals surface area contributed by atoms with Crippen molar-refractivity contribution in [2.75, 3.05) is 17.8 Å². The molecule has 1 saturated heterocycles. The molecule has 0 amide bonds. The molecule has 0 bridgehead atoms. The number of pyridine rings is 1. The van der Waals surface area contributed by atoms with E-state index in [0.717, 1.165) is 12.1 Å². The Morgan fingerprint density at radius 2 is 2.00 bits per heavy atom. The predicted octanol–water partition coefficient (Wildman–Crippen LogP) is 3.45. The highest BCUT2D eigenvalue weighted by Gasteiger charge is 2.44. The molecule has 3 heterocycles. The minimum atomic E-state index is -3.73. The molecule has 2 aliphatic rings. The maximum absolute atomic E-state index is 12.8. The van der Waals surface area contributed by atoms with Crippen LogP contribution in [0.5, 0.6) is 5.75 Å². The van der Waals surface area contributed by atoms with Crippen molar-refractivity contribution in [3.63, 3.8) is 0 Å². The number of aryl methyl sites for hydroxylation is 1. The number of carbonyl (C=O) groups excluding carboxylic acids is 1. The van der Waals surface area contributed by atoms with Gasteiger partial charge >= 0.3 is 10.2 Å². The molecule has 2 aliphatic heterocycles. The lowest BCUT2D eigenvalue weighted by atomic mass is 9.83. The van der Waals surface area contributed by atoms with Crippen molar-refractivity contribution in [3.8, 4) is 5.75 Å². The van der Waals surface area contributed by atoms with Crippen molar-refractivity contribution in [1.82, 2.24) is 9.29 Å². The number of ketones is 1. The van der Waals surface area contributed by atoms with Crippen LogP contribution in [0.2, 0.25) is 5.02 Å². The number of carbonyl (C=O) groups is 1. The Labute approximate surface area is 175 Å². The molecule has 1 aromatic carbocycles. The number of Topliss-reactive ketones (excluding diaryl/α,β-unsaturated/α-hetero) is 1. The summed E-state index contributed by atoms with van der Waals surface area (Å²) in [6.45, 7) is 2.49. The van der Waals surface area contributed by atoms with E-state index in [1.54, 1.807) is 30.3 Å². The zero-order chi connectivity index (χ0) is 20.6. The van der Waals surface area contributed by atoms with Crippen molar-refractivity contribution in [3.05, 3.63) is 52.7 Å². The third-order valence-electron chi connectivity index (χ3n) is 5.43. The molecule has 4 rings (SSSR count). The van der Waals surface area contributed by atoms with Crippen molar-refractivity contribution >= 4 is 33.4 Å². The molecular formula is C20H22ClN3O4S. The first kappa shape index (κ1) is 20.1. The number of aromatic nitrogens is 1. The van der Waals surface area contributed by atoms with E-state index >= 15 is 0 Å². The quantitative estimate of drug-likeness (QED) is 0.794. The molecule has 1 fully saturated rings. The second-order valence-electron chi connectivity index (χ2n) is 7.40. The Bertz CT molecular complexity index is 1050. The number of fused-ring (bicyclic) bond motifs is 1. The molecule has 1 N–H and O–H groups in total. The van der Waals surface area contributed by atoms with Crippen molar-refractivity contribution in [1.29, 1.82) is 0 Å². The number of nitrogens with zero attached hydrogens (tertiary/aromatic N) is 2. The van der Waals surface area contributed by atoms with E-state index in [9.17, 15) is 13.2 Å². The first-order chi connectivity index (χ1) is 13.8. The van der Waals surface area contributed by atoms with Crippen LogP contribution in [0.15, 0.2) is 36.4 Å². The molecule has 0 aliphatic carbocycles. The monoisotopic (exact) mass is 435 g/mol. The number of halogens is 1. The predicted molar refractivity (Wildman–Crippen MR) is 111 cm³/mol. The summed E-state index contributed by atoms with van der Waals surface area (Å²) in [5.41, 5.74) is 0.627. The van der Waals surface area contributed by atoms with Crippen LogP contribution in [0.4, 0.5) is 5.82 Å². The van der Waals surface area contributed by atoms with Gasteiger partial charge in [-0.1, -0.05) is 24.6 Å². The smallest absolute Gasteiger partial charge is 0.302 e. The molecule has 0 atom stereocenters. The van der Waals surface area contributed by atoms with Gasteiger partial charge in [0.05, 0.1) is 12.0 Å². The van der Waals surface area contributed by atoms with Crippen LogP contribution in [0.1, 0.15) is 42.2 Å². The summed E-state index contributed by atoms with van der Waals surface area (Å²) in [4.78, 5) is 16.9. The summed E-state index contributed by atoms with van der Waals surface area (Å²) in [5.74, 6) is 0.795. The Hall–Kier alpha value is -2.16. The van der Waals surface area contributed by atoms with Gasteiger partial charge in [-0.3, -0.25) is 9.52 Å². The number of ether oxygens (including phenoxy) is 1. The molecule has 0 unspecified atom stereocenters. The van der Waals surface area contributed by atoms with Gasteiger partial charge in [0.15, 0.2) is 5.78 Å². The Kier molecular flexibility index (Phi) is 5.27. The fourth-order valence-electron chi connectivity index (χ4n) is 3.81. The van der Waals surface area contributed by atoms with Crippen LogP contribution in [-0.4, -0.2) is 42.2 Å². The molecule has 1 aromatic heterocycles. The largest absolute Gasteiger partial charge is 0.486 e. The molecule has 2 aromatic rings. The molecular weight excluding hydrogens is 414 g/mol. The van der Waals surface area contributed by atoms with Gasteiger partial charge in [0.1, 0.15) is 17.2 Å². The lowest BCUT2D eigenvalue weighted by molar-refractivity contribution is 0.00601. The van der Waals surface area contributed by atoms with Crippen LogP contribution >= 0.6 is 11.6 Å². The molecule has 0 saturated carbocycles. The SMILES string of the molecule is CCc1cccc(NS(=O)(=O)N2CCC3(CC2)CC(=O)c2cc(Cl)ccc2O3)n1. The van der Waals surface area contributed by atoms with E-state index in [1.807, 2.05) is 13.0 Å². The highest BCUT2D eigenvalue weighted by atomic mass is 35.5. The molecule has 9 heteroatoms. The van der Waals surface area contributed by atoms with Crippen molar-refractivity contribution < 1.29 is 17.9 Å². The summed E-state index contributed by atoms with van der Waals surface area (Å²) in [7, 11) is -3.73. The van der Waals surface area contributed by atoms with E-state index in [2.05, 4.69) is 9.71 Å². The van der Waals surface area contributed by atoms with E-state index in [-0.39, 0.29) is 25.3 Å². The van der Waals surface area contributed by atoms with Crippen LogP contribution in [-0.2, 0) is 16.6 Å². The zero-order valence-electron chi connectivity index (χ0n) is 16.0. The topological polar surface area (TPSA) is 88.6 Å². The Morgan fingerprint density at radius 3 is 2.72 bits per heavy atom. The highest BCUT2D eigenvalue weighted by Crippen LogP contribution is 2.40. The van der Waals surface area contributed by atoms with Crippen LogP contribution in [0.3, 0.4) is 0 Å². The first-order valence-corrected chi connectivity index (χ1v) is 11.4. The van der Waals surface area contributed by atoms with Crippen LogP contribution < -0.4 is 9.46 Å². The van der Waals surface area contributed by atoms with Gasteiger partial charge in [0, 0.05) is 36.6 Å². The molecule has 29 heavy (non-hydrogen) atoms. The molecule has 154 valence electrons. The van der Waals surface area contributed by atoms with Gasteiger partial charge in [-0.25, -0.2) is 4.98 Å². The lowest BCUT2D eigenvalue weighted by Crippen LogP contribution is -2.53. The van der Waals surface area contributed by atoms with E-state index < -0.39 is 15.8 Å². The number of anilines is 1. The zero-order valence-corrected chi connectivity index (χ0v) is 17.6. The maximum Gasteiger partial charge on any atom is 0.302 e.